The fraction of sp³-hybridized carbons (Fsp3) is 0.167. The zero-order chi connectivity index (χ0) is 23.4. The lowest BCUT2D eigenvalue weighted by Gasteiger charge is -2.19. The Hall–Kier alpha value is -2.82. The Labute approximate surface area is 209 Å². The number of ether oxygens (including phenoxy) is 1. The number of hydrogen-bond acceptors (Lipinski definition) is 5. The number of rotatable bonds is 7. The molecule has 2 unspecified atom stereocenters. The van der Waals surface area contributed by atoms with Crippen molar-refractivity contribution in [1.82, 2.24) is 5.48 Å². The number of amidine groups is 1. The van der Waals surface area contributed by atoms with Gasteiger partial charge in [0.25, 0.3) is 0 Å². The third-order valence-electron chi connectivity index (χ3n) is 5.27. The fourth-order valence-corrected chi connectivity index (χ4v) is 4.25. The number of nitrogens with one attached hydrogen (secondary N) is 2. The lowest BCUT2D eigenvalue weighted by Crippen LogP contribution is -2.26. The molecule has 2 atom stereocenters. The quantitative estimate of drug-likeness (QED) is 0.313. The lowest BCUT2D eigenvalue weighted by molar-refractivity contribution is 0.0296. The van der Waals surface area contributed by atoms with Gasteiger partial charge in [0, 0.05) is 10.1 Å². The van der Waals surface area contributed by atoms with Crippen LogP contribution in [0.3, 0.4) is 0 Å². The normalized spacial score (nSPS) is 18.7. The number of carboxylic acids is 1. The largest absolute Gasteiger partial charge is 0.497 e. The molecule has 1 aliphatic rings. The average Bonchev–Trinajstić information content (AvgIpc) is 3.22. The summed E-state index contributed by atoms with van der Waals surface area (Å²) < 4.78 is 6.08. The third-order valence-corrected chi connectivity index (χ3v) is 6.27. The molecule has 9 heteroatoms. The van der Waals surface area contributed by atoms with E-state index in [1.807, 2.05) is 54.6 Å². The van der Waals surface area contributed by atoms with Crippen LogP contribution in [0.1, 0.15) is 22.0 Å². The zero-order valence-electron chi connectivity index (χ0n) is 17.6. The molecule has 0 aliphatic carbocycles. The number of hydrogen-bond donors (Lipinski definition) is 3. The number of benzene rings is 3. The maximum absolute atomic E-state index is 11.8. The van der Waals surface area contributed by atoms with Gasteiger partial charge in [-0.1, -0.05) is 35.9 Å². The first-order valence-electron chi connectivity index (χ1n) is 10.1. The van der Waals surface area contributed by atoms with Crippen molar-refractivity contribution in [3.63, 3.8) is 0 Å². The van der Waals surface area contributed by atoms with Gasteiger partial charge in [-0.3, -0.25) is 10.3 Å². The van der Waals surface area contributed by atoms with Crippen LogP contribution in [0.4, 0.5) is 11.4 Å². The van der Waals surface area contributed by atoms with Crippen molar-refractivity contribution >= 4 is 57.4 Å². The van der Waals surface area contributed by atoms with Crippen molar-refractivity contribution in [2.75, 3.05) is 19.0 Å². The van der Waals surface area contributed by atoms with Gasteiger partial charge in [0.2, 0.25) is 0 Å². The summed E-state index contributed by atoms with van der Waals surface area (Å²) in [7, 11) is 1.62. The molecule has 33 heavy (non-hydrogen) atoms. The zero-order valence-corrected chi connectivity index (χ0v) is 20.5. The van der Waals surface area contributed by atoms with Crippen LogP contribution in [-0.4, -0.2) is 30.6 Å². The Balaban J connectivity index is 1.68. The molecular formula is C24H21ClIN3O4. The Morgan fingerprint density at radius 1 is 1.21 bits per heavy atom. The van der Waals surface area contributed by atoms with Crippen LogP contribution >= 0.6 is 34.2 Å². The first-order chi connectivity index (χ1) is 16.0. The molecule has 1 fully saturated rings. The SMILES string of the molecule is COc1ccc(C2ONC(=Nc3ccc(I)cc3C(=O)O)C2CNc2ccccc2Cl)cc1. The van der Waals surface area contributed by atoms with E-state index in [-0.39, 0.29) is 17.6 Å². The molecule has 170 valence electrons. The average molecular weight is 578 g/mol. The van der Waals surface area contributed by atoms with Crippen LogP contribution in [0.25, 0.3) is 0 Å². The Kier molecular flexibility index (Phi) is 7.36. The maximum Gasteiger partial charge on any atom is 0.337 e. The summed E-state index contributed by atoms with van der Waals surface area (Å²) in [6.07, 6.45) is -0.359. The van der Waals surface area contributed by atoms with Crippen LogP contribution in [0.15, 0.2) is 71.7 Å². The summed E-state index contributed by atoms with van der Waals surface area (Å²) in [5, 5.41) is 13.6. The van der Waals surface area contributed by atoms with Crippen molar-refractivity contribution in [2.45, 2.75) is 6.10 Å². The van der Waals surface area contributed by atoms with Gasteiger partial charge in [-0.05, 0) is 70.6 Å². The summed E-state index contributed by atoms with van der Waals surface area (Å²) >= 11 is 8.39. The summed E-state index contributed by atoms with van der Waals surface area (Å²) in [6, 6.07) is 20.2. The van der Waals surface area contributed by atoms with E-state index in [1.54, 1.807) is 19.2 Å². The van der Waals surface area contributed by atoms with Crippen LogP contribution in [0.5, 0.6) is 5.75 Å². The van der Waals surface area contributed by atoms with E-state index in [0.717, 1.165) is 20.6 Å². The number of para-hydroxylation sites is 1. The first-order valence-corrected chi connectivity index (χ1v) is 11.6. The fourth-order valence-electron chi connectivity index (χ4n) is 3.56. The number of aromatic carboxylic acids is 1. The number of carboxylic acid groups (broad SMARTS) is 1. The Morgan fingerprint density at radius 3 is 2.67 bits per heavy atom. The molecule has 1 heterocycles. The highest BCUT2D eigenvalue weighted by Gasteiger charge is 2.36. The molecule has 0 bridgehead atoms. The molecule has 4 rings (SSSR count). The van der Waals surface area contributed by atoms with E-state index < -0.39 is 5.97 Å². The topological polar surface area (TPSA) is 92.2 Å². The van der Waals surface area contributed by atoms with Gasteiger partial charge in [-0.25, -0.2) is 9.79 Å². The van der Waals surface area contributed by atoms with Gasteiger partial charge in [-0.2, -0.15) is 0 Å². The maximum atomic E-state index is 11.8. The third kappa shape index (κ3) is 5.40. The van der Waals surface area contributed by atoms with E-state index in [2.05, 4.69) is 38.4 Å². The Morgan fingerprint density at radius 2 is 1.97 bits per heavy atom. The number of anilines is 1. The van der Waals surface area contributed by atoms with Gasteiger partial charge in [0.05, 0.1) is 35.0 Å². The number of aliphatic imine (C=N–C) groups is 1. The minimum absolute atomic E-state index is 0.127. The highest BCUT2D eigenvalue weighted by atomic mass is 127. The van der Waals surface area contributed by atoms with Crippen LogP contribution in [-0.2, 0) is 4.84 Å². The monoisotopic (exact) mass is 577 g/mol. The molecule has 3 aromatic rings. The first kappa shape index (κ1) is 23.3. The number of halogens is 2. The van der Waals surface area contributed by atoms with Crippen LogP contribution in [0, 0.1) is 9.49 Å². The molecule has 3 N–H and O–H groups in total. The summed E-state index contributed by atoms with van der Waals surface area (Å²) in [4.78, 5) is 22.3. The second-order valence-electron chi connectivity index (χ2n) is 7.34. The van der Waals surface area contributed by atoms with E-state index in [9.17, 15) is 9.90 Å². The molecule has 1 aliphatic heterocycles. The molecule has 0 spiro atoms. The number of carbonyl (C=O) groups is 1. The van der Waals surface area contributed by atoms with Crippen molar-refractivity contribution in [3.8, 4) is 5.75 Å². The van der Waals surface area contributed by atoms with Crippen molar-refractivity contribution in [3.05, 3.63) is 86.4 Å². The van der Waals surface area contributed by atoms with Crippen molar-refractivity contribution in [2.24, 2.45) is 10.9 Å². The number of methoxy groups -OCH3 is 1. The van der Waals surface area contributed by atoms with Gasteiger partial charge in [0.1, 0.15) is 17.7 Å². The molecule has 0 amide bonds. The summed E-state index contributed by atoms with van der Waals surface area (Å²) in [5.74, 6) is -0.00627. The second kappa shape index (κ2) is 10.4. The highest BCUT2D eigenvalue weighted by molar-refractivity contribution is 14.1. The number of hydroxylamine groups is 1. The molecule has 0 aromatic heterocycles. The molecule has 3 aromatic carbocycles. The predicted octanol–water partition coefficient (Wildman–Crippen LogP) is 5.69. The minimum Gasteiger partial charge on any atom is -0.497 e. The van der Waals surface area contributed by atoms with Crippen LogP contribution in [0.2, 0.25) is 5.02 Å². The molecule has 0 saturated carbocycles. The predicted molar refractivity (Wildman–Crippen MR) is 137 cm³/mol. The highest BCUT2D eigenvalue weighted by Crippen LogP contribution is 2.34. The minimum atomic E-state index is -1.04. The number of nitrogens with zero attached hydrogens (tertiary/aromatic N) is 1. The van der Waals surface area contributed by atoms with Crippen molar-refractivity contribution in [1.29, 1.82) is 0 Å². The molecular weight excluding hydrogens is 557 g/mol. The van der Waals surface area contributed by atoms with Crippen molar-refractivity contribution < 1.29 is 19.5 Å². The van der Waals surface area contributed by atoms with E-state index >= 15 is 0 Å². The van der Waals surface area contributed by atoms with Crippen LogP contribution < -0.4 is 15.5 Å². The summed E-state index contributed by atoms with van der Waals surface area (Å²) in [5.41, 5.74) is 5.12. The van der Waals surface area contributed by atoms with Gasteiger partial charge >= 0.3 is 5.97 Å². The van der Waals surface area contributed by atoms with E-state index in [1.165, 1.54) is 0 Å². The van der Waals surface area contributed by atoms with Gasteiger partial charge in [0.15, 0.2) is 0 Å². The molecule has 7 nitrogen and oxygen atoms in total. The molecule has 0 radical (unpaired) electrons. The molecule has 1 saturated heterocycles. The van der Waals surface area contributed by atoms with E-state index in [0.29, 0.717) is 23.1 Å². The smallest absolute Gasteiger partial charge is 0.337 e. The Bertz CT molecular complexity index is 1190. The van der Waals surface area contributed by atoms with E-state index in [4.69, 9.17) is 21.2 Å². The summed E-state index contributed by atoms with van der Waals surface area (Å²) in [6.45, 7) is 0.457. The standard InChI is InChI=1S/C24H21ClIN3O4/c1-32-16-9-6-14(7-10-16)22-18(13-27-21-5-3-2-4-19(21)25)23(29-33-22)28-20-11-8-15(26)12-17(20)24(30)31/h2-12,18,22,27H,13H2,1H3,(H,28,29)(H,30,31). The van der Waals surface area contributed by atoms with Gasteiger partial charge in [-0.15, -0.1) is 0 Å². The lowest BCUT2D eigenvalue weighted by atomic mass is 9.95. The van der Waals surface area contributed by atoms with Gasteiger partial charge < -0.3 is 15.2 Å². The second-order valence-corrected chi connectivity index (χ2v) is 9.00.